The van der Waals surface area contributed by atoms with Crippen molar-refractivity contribution in [2.24, 2.45) is 5.73 Å². The fourth-order valence-electron chi connectivity index (χ4n) is 1.07. The quantitative estimate of drug-likeness (QED) is 0.570. The number of rotatable bonds is 7. The van der Waals surface area contributed by atoms with Crippen molar-refractivity contribution in [1.82, 2.24) is 5.32 Å². The summed E-state index contributed by atoms with van der Waals surface area (Å²) in [5.41, 5.74) is 5.57. The monoisotopic (exact) mass is 176 g/mol. The molecular formula is C8H20N2S. The van der Waals surface area contributed by atoms with E-state index >= 15 is 0 Å². The second-order valence-electron chi connectivity index (χ2n) is 2.63. The first-order valence-corrected chi connectivity index (χ1v) is 5.66. The van der Waals surface area contributed by atoms with Crippen molar-refractivity contribution < 1.29 is 0 Å². The lowest BCUT2D eigenvalue weighted by Gasteiger charge is -2.14. The number of likely N-dealkylation sites (N-methyl/N-ethyl adjacent to an activating group) is 1. The molecule has 1 atom stereocenters. The molecule has 11 heavy (non-hydrogen) atoms. The fraction of sp³-hybridized carbons (Fsp3) is 1.00. The van der Waals surface area contributed by atoms with Crippen molar-refractivity contribution in [2.75, 3.05) is 25.1 Å². The molecule has 0 aromatic rings. The van der Waals surface area contributed by atoms with Gasteiger partial charge in [0.2, 0.25) is 0 Å². The van der Waals surface area contributed by atoms with Crippen LogP contribution in [0, 0.1) is 0 Å². The van der Waals surface area contributed by atoms with E-state index in [2.05, 4.69) is 18.5 Å². The Bertz CT molecular complexity index is 78.5. The molecule has 0 saturated heterocycles. The second-order valence-corrected chi connectivity index (χ2v) is 3.61. The Morgan fingerprint density at radius 1 is 1.55 bits per heavy atom. The van der Waals surface area contributed by atoms with Gasteiger partial charge < -0.3 is 11.1 Å². The van der Waals surface area contributed by atoms with Crippen LogP contribution in [-0.2, 0) is 0 Å². The highest BCUT2D eigenvalue weighted by Gasteiger charge is 2.02. The lowest BCUT2D eigenvalue weighted by Crippen LogP contribution is -2.35. The number of nitrogens with two attached hydrogens (primary N) is 1. The molecule has 1 unspecified atom stereocenters. The lowest BCUT2D eigenvalue weighted by atomic mass is 10.2. The minimum absolute atomic E-state index is 0.534. The molecule has 0 rings (SSSR count). The van der Waals surface area contributed by atoms with E-state index in [1.165, 1.54) is 18.6 Å². The summed E-state index contributed by atoms with van der Waals surface area (Å²) in [7, 11) is 0. The van der Waals surface area contributed by atoms with E-state index in [0.29, 0.717) is 6.04 Å². The number of nitrogens with one attached hydrogen (secondary N) is 1. The topological polar surface area (TPSA) is 38.0 Å². The van der Waals surface area contributed by atoms with Crippen molar-refractivity contribution in [2.45, 2.75) is 25.8 Å². The van der Waals surface area contributed by atoms with Crippen LogP contribution in [0.5, 0.6) is 0 Å². The van der Waals surface area contributed by atoms with Crippen molar-refractivity contribution >= 4 is 11.8 Å². The van der Waals surface area contributed by atoms with E-state index in [1.54, 1.807) is 0 Å². The molecule has 0 spiro atoms. The van der Waals surface area contributed by atoms with Crippen LogP contribution in [-0.4, -0.2) is 31.1 Å². The zero-order valence-corrected chi connectivity index (χ0v) is 8.41. The van der Waals surface area contributed by atoms with Crippen molar-refractivity contribution in [3.8, 4) is 0 Å². The molecule has 0 aliphatic carbocycles. The SMILES string of the molecule is CCNC(CN)CCCSC. The molecule has 0 radical (unpaired) electrons. The molecule has 0 aliphatic rings. The van der Waals surface area contributed by atoms with Crippen LogP contribution >= 0.6 is 11.8 Å². The Morgan fingerprint density at radius 3 is 2.73 bits per heavy atom. The number of hydrogen-bond acceptors (Lipinski definition) is 3. The molecule has 2 nitrogen and oxygen atoms in total. The number of thioether (sulfide) groups is 1. The molecule has 0 amide bonds. The van der Waals surface area contributed by atoms with Gasteiger partial charge in [-0.2, -0.15) is 11.8 Å². The molecule has 0 fully saturated rings. The average molecular weight is 176 g/mol. The third kappa shape index (κ3) is 6.66. The highest BCUT2D eigenvalue weighted by atomic mass is 32.2. The van der Waals surface area contributed by atoms with Gasteiger partial charge in [-0.3, -0.25) is 0 Å². The maximum Gasteiger partial charge on any atom is 0.0190 e. The van der Waals surface area contributed by atoms with Crippen LogP contribution in [0.4, 0.5) is 0 Å². The summed E-state index contributed by atoms with van der Waals surface area (Å²) in [6.45, 7) is 3.92. The predicted molar refractivity (Wildman–Crippen MR) is 54.1 cm³/mol. The van der Waals surface area contributed by atoms with Gasteiger partial charge in [-0.1, -0.05) is 6.92 Å². The van der Waals surface area contributed by atoms with E-state index in [-0.39, 0.29) is 0 Å². The molecule has 3 N–H and O–H groups in total. The Kier molecular flexibility index (Phi) is 8.57. The van der Waals surface area contributed by atoms with Crippen LogP contribution in [0.25, 0.3) is 0 Å². The molecule has 0 heterocycles. The van der Waals surface area contributed by atoms with Crippen molar-refractivity contribution in [1.29, 1.82) is 0 Å². The lowest BCUT2D eigenvalue weighted by molar-refractivity contribution is 0.498. The van der Waals surface area contributed by atoms with Gasteiger partial charge in [0.15, 0.2) is 0 Å². The third-order valence-corrected chi connectivity index (χ3v) is 2.38. The Labute approximate surface area is 74.3 Å². The minimum atomic E-state index is 0.534. The smallest absolute Gasteiger partial charge is 0.0190 e. The first-order valence-electron chi connectivity index (χ1n) is 4.27. The highest BCUT2D eigenvalue weighted by Crippen LogP contribution is 2.01. The van der Waals surface area contributed by atoms with Gasteiger partial charge in [0.1, 0.15) is 0 Å². The summed E-state index contributed by atoms with van der Waals surface area (Å²) >= 11 is 1.90. The van der Waals surface area contributed by atoms with Gasteiger partial charge in [-0.05, 0) is 31.4 Å². The van der Waals surface area contributed by atoms with Crippen molar-refractivity contribution in [3.05, 3.63) is 0 Å². The summed E-state index contributed by atoms with van der Waals surface area (Å²) < 4.78 is 0. The largest absolute Gasteiger partial charge is 0.329 e. The molecular weight excluding hydrogens is 156 g/mol. The first-order chi connectivity index (χ1) is 5.35. The normalized spacial score (nSPS) is 13.4. The Balaban J connectivity index is 3.20. The van der Waals surface area contributed by atoms with Crippen LogP contribution in [0.15, 0.2) is 0 Å². The van der Waals surface area contributed by atoms with Crippen LogP contribution in [0.2, 0.25) is 0 Å². The molecule has 0 aromatic heterocycles. The molecule has 68 valence electrons. The standard InChI is InChI=1S/C8H20N2S/c1-3-10-8(7-9)5-4-6-11-2/h8,10H,3-7,9H2,1-2H3. The molecule has 0 saturated carbocycles. The van der Waals surface area contributed by atoms with Gasteiger partial charge in [-0.25, -0.2) is 0 Å². The Morgan fingerprint density at radius 2 is 2.27 bits per heavy atom. The van der Waals surface area contributed by atoms with Gasteiger partial charge in [-0.15, -0.1) is 0 Å². The summed E-state index contributed by atoms with van der Waals surface area (Å²) in [6.07, 6.45) is 4.63. The highest BCUT2D eigenvalue weighted by molar-refractivity contribution is 7.98. The van der Waals surface area contributed by atoms with Crippen LogP contribution in [0.1, 0.15) is 19.8 Å². The summed E-state index contributed by atoms with van der Waals surface area (Å²) in [5.74, 6) is 1.25. The summed E-state index contributed by atoms with van der Waals surface area (Å²) in [5, 5.41) is 3.36. The molecule has 0 bridgehead atoms. The van der Waals surface area contributed by atoms with Gasteiger partial charge in [0.25, 0.3) is 0 Å². The summed E-state index contributed by atoms with van der Waals surface area (Å²) in [6, 6.07) is 0.534. The summed E-state index contributed by atoms with van der Waals surface area (Å²) in [4.78, 5) is 0. The van der Waals surface area contributed by atoms with Crippen molar-refractivity contribution in [3.63, 3.8) is 0 Å². The Hall–Kier alpha value is 0.270. The van der Waals surface area contributed by atoms with E-state index in [0.717, 1.165) is 13.1 Å². The predicted octanol–water partition coefficient (Wildman–Crippen LogP) is 1.07. The second kappa shape index (κ2) is 8.37. The molecule has 3 heteroatoms. The average Bonchev–Trinajstić information content (AvgIpc) is 2.03. The third-order valence-electron chi connectivity index (χ3n) is 1.68. The van der Waals surface area contributed by atoms with E-state index in [1.807, 2.05) is 11.8 Å². The van der Waals surface area contributed by atoms with Crippen LogP contribution < -0.4 is 11.1 Å². The van der Waals surface area contributed by atoms with E-state index < -0.39 is 0 Å². The zero-order valence-electron chi connectivity index (χ0n) is 7.60. The maximum atomic E-state index is 5.57. The molecule has 0 aliphatic heterocycles. The fourth-order valence-corrected chi connectivity index (χ4v) is 1.52. The van der Waals surface area contributed by atoms with E-state index in [4.69, 9.17) is 5.73 Å². The van der Waals surface area contributed by atoms with Gasteiger partial charge in [0, 0.05) is 12.6 Å². The zero-order chi connectivity index (χ0) is 8.53. The van der Waals surface area contributed by atoms with Crippen LogP contribution in [0.3, 0.4) is 0 Å². The molecule has 0 aromatic carbocycles. The van der Waals surface area contributed by atoms with Gasteiger partial charge >= 0.3 is 0 Å². The minimum Gasteiger partial charge on any atom is -0.329 e. The number of hydrogen-bond donors (Lipinski definition) is 2. The van der Waals surface area contributed by atoms with E-state index in [9.17, 15) is 0 Å². The maximum absolute atomic E-state index is 5.57. The first kappa shape index (κ1) is 11.3. The van der Waals surface area contributed by atoms with Gasteiger partial charge in [0.05, 0.1) is 0 Å².